The Bertz CT molecular complexity index is 967. The number of hydrogen-bond donors (Lipinski definition) is 1. The maximum absolute atomic E-state index is 13.2. The number of benzene rings is 1. The first kappa shape index (κ1) is 24.4. The van der Waals surface area contributed by atoms with Crippen molar-refractivity contribution in [2.24, 2.45) is 4.99 Å². The van der Waals surface area contributed by atoms with Gasteiger partial charge in [0.2, 0.25) is 0 Å². The minimum Gasteiger partial charge on any atom is -0.368 e. The zero-order valence-electron chi connectivity index (χ0n) is 18.2. The molecule has 1 aliphatic heterocycles. The molecule has 1 fully saturated rings. The summed E-state index contributed by atoms with van der Waals surface area (Å²) in [6.07, 6.45) is 2.65. The monoisotopic (exact) mass is 569 g/mol. The molecule has 0 amide bonds. The largest absolute Gasteiger partial charge is 0.368 e. The summed E-state index contributed by atoms with van der Waals surface area (Å²) in [6.45, 7) is 7.78. The Kier molecular flexibility index (Phi) is 9.27. The highest BCUT2D eigenvalue weighted by Gasteiger charge is 2.20. The van der Waals surface area contributed by atoms with Crippen LogP contribution in [0.1, 0.15) is 17.6 Å². The van der Waals surface area contributed by atoms with Crippen LogP contribution < -0.4 is 10.2 Å². The van der Waals surface area contributed by atoms with Crippen molar-refractivity contribution in [3.05, 3.63) is 64.6 Å². The molecule has 1 saturated heterocycles. The molecule has 1 aliphatic rings. The summed E-state index contributed by atoms with van der Waals surface area (Å²) in [7, 11) is 0. The van der Waals surface area contributed by atoms with Gasteiger partial charge in [0.05, 0.1) is 6.54 Å². The zero-order valence-corrected chi connectivity index (χ0v) is 21.3. The van der Waals surface area contributed by atoms with E-state index in [4.69, 9.17) is 4.99 Å². The molecule has 1 N–H and O–H groups in total. The summed E-state index contributed by atoms with van der Waals surface area (Å²) in [5.41, 5.74) is 1.06. The Morgan fingerprint density at radius 2 is 1.94 bits per heavy atom. The second kappa shape index (κ2) is 12.1. The highest BCUT2D eigenvalue weighted by atomic mass is 127. The quantitative estimate of drug-likeness (QED) is 0.268. The third kappa shape index (κ3) is 6.41. The number of aliphatic imine (C=N–C) groups is 1. The van der Waals surface area contributed by atoms with E-state index in [1.807, 2.05) is 12.1 Å². The molecule has 0 saturated carbocycles. The number of aromatic nitrogens is 3. The van der Waals surface area contributed by atoms with Crippen molar-refractivity contribution in [3.63, 3.8) is 0 Å². The van der Waals surface area contributed by atoms with Crippen molar-refractivity contribution in [2.45, 2.75) is 26.4 Å². The minimum atomic E-state index is -0.200. The zero-order chi connectivity index (χ0) is 21.5. The molecule has 0 unspecified atom stereocenters. The first-order valence-corrected chi connectivity index (χ1v) is 11.5. The van der Waals surface area contributed by atoms with Crippen molar-refractivity contribution in [2.75, 3.05) is 37.6 Å². The maximum atomic E-state index is 13.2. The maximum Gasteiger partial charge on any atom is 0.194 e. The van der Waals surface area contributed by atoms with Crippen molar-refractivity contribution in [3.8, 4) is 0 Å². The van der Waals surface area contributed by atoms with Gasteiger partial charge in [0.15, 0.2) is 5.96 Å². The highest BCUT2D eigenvalue weighted by molar-refractivity contribution is 14.0. The molecular formula is C22H29FIN7S. The van der Waals surface area contributed by atoms with Crippen LogP contribution in [0.25, 0.3) is 0 Å². The van der Waals surface area contributed by atoms with Gasteiger partial charge in [0.1, 0.15) is 18.0 Å². The van der Waals surface area contributed by atoms with E-state index in [1.54, 1.807) is 17.7 Å². The van der Waals surface area contributed by atoms with Gasteiger partial charge in [0.25, 0.3) is 0 Å². The third-order valence-electron chi connectivity index (χ3n) is 5.38. The molecule has 1 aromatic carbocycles. The topological polar surface area (TPSA) is 61.6 Å². The summed E-state index contributed by atoms with van der Waals surface area (Å²) in [6, 6.07) is 10.9. The lowest BCUT2D eigenvalue weighted by molar-refractivity contribution is 0.370. The van der Waals surface area contributed by atoms with Gasteiger partial charge in [-0.2, -0.15) is 0 Å². The molecule has 0 bridgehead atoms. The van der Waals surface area contributed by atoms with E-state index >= 15 is 0 Å². The van der Waals surface area contributed by atoms with E-state index in [1.165, 1.54) is 17.0 Å². The lowest BCUT2D eigenvalue weighted by atomic mass is 10.2. The van der Waals surface area contributed by atoms with Gasteiger partial charge in [-0.25, -0.2) is 9.38 Å². The van der Waals surface area contributed by atoms with Gasteiger partial charge in [-0.15, -0.1) is 45.5 Å². The second-order valence-corrected chi connectivity index (χ2v) is 8.42. The average molecular weight is 569 g/mol. The van der Waals surface area contributed by atoms with Crippen LogP contribution in [0.15, 0.2) is 53.1 Å². The average Bonchev–Trinajstić information content (AvgIpc) is 3.48. The number of rotatable bonds is 7. The number of nitrogens with zero attached hydrogens (tertiary/aromatic N) is 6. The second-order valence-electron chi connectivity index (χ2n) is 7.39. The van der Waals surface area contributed by atoms with Gasteiger partial charge in [-0.05, 0) is 35.7 Å². The smallest absolute Gasteiger partial charge is 0.194 e. The number of guanidine groups is 1. The van der Waals surface area contributed by atoms with Crippen molar-refractivity contribution in [1.82, 2.24) is 25.0 Å². The molecular weight excluding hydrogens is 540 g/mol. The Labute approximate surface area is 209 Å². The van der Waals surface area contributed by atoms with E-state index in [-0.39, 0.29) is 29.8 Å². The molecule has 0 aliphatic carbocycles. The fourth-order valence-electron chi connectivity index (χ4n) is 3.68. The van der Waals surface area contributed by atoms with E-state index in [9.17, 15) is 4.39 Å². The van der Waals surface area contributed by atoms with Crippen LogP contribution in [0.5, 0.6) is 0 Å². The predicted molar refractivity (Wildman–Crippen MR) is 138 cm³/mol. The van der Waals surface area contributed by atoms with Crippen molar-refractivity contribution in [1.29, 1.82) is 0 Å². The Hall–Kier alpha value is -2.21. The fourth-order valence-corrected chi connectivity index (χ4v) is 4.31. The van der Waals surface area contributed by atoms with Crippen LogP contribution in [0, 0.1) is 5.82 Å². The SMILES string of the molecule is CCc1nncn1CCNC(=NCc1cccs1)N1CCN(c2ccc(F)cc2)CC1.I. The summed E-state index contributed by atoms with van der Waals surface area (Å²) >= 11 is 1.72. The van der Waals surface area contributed by atoms with Crippen LogP contribution in [-0.4, -0.2) is 58.3 Å². The first-order chi connectivity index (χ1) is 15.2. The number of aryl methyl sites for hydroxylation is 1. The molecule has 0 spiro atoms. The summed E-state index contributed by atoms with van der Waals surface area (Å²) in [5, 5.41) is 13.8. The van der Waals surface area contributed by atoms with E-state index < -0.39 is 0 Å². The van der Waals surface area contributed by atoms with Crippen molar-refractivity contribution < 1.29 is 4.39 Å². The third-order valence-corrected chi connectivity index (χ3v) is 6.24. The Morgan fingerprint density at radius 3 is 2.62 bits per heavy atom. The molecule has 3 aromatic rings. The van der Waals surface area contributed by atoms with Crippen LogP contribution in [-0.2, 0) is 19.5 Å². The normalized spacial score (nSPS) is 14.4. The molecule has 32 heavy (non-hydrogen) atoms. The summed E-state index contributed by atoms with van der Waals surface area (Å²) in [5.74, 6) is 1.72. The fraction of sp³-hybridized carbons (Fsp3) is 0.409. The Morgan fingerprint density at radius 1 is 1.16 bits per heavy atom. The minimum absolute atomic E-state index is 0. The highest BCUT2D eigenvalue weighted by Crippen LogP contribution is 2.17. The molecule has 0 atom stereocenters. The van der Waals surface area contributed by atoms with Crippen molar-refractivity contribution >= 4 is 47.0 Å². The number of anilines is 1. The van der Waals surface area contributed by atoms with Gasteiger partial charge >= 0.3 is 0 Å². The van der Waals surface area contributed by atoms with Crippen LogP contribution in [0.4, 0.5) is 10.1 Å². The predicted octanol–water partition coefficient (Wildman–Crippen LogP) is 3.63. The van der Waals surface area contributed by atoms with Gasteiger partial charge in [-0.3, -0.25) is 0 Å². The van der Waals surface area contributed by atoms with Gasteiger partial charge in [-0.1, -0.05) is 13.0 Å². The first-order valence-electron chi connectivity index (χ1n) is 10.7. The molecule has 7 nitrogen and oxygen atoms in total. The number of halogens is 2. The molecule has 4 rings (SSSR count). The molecule has 3 heterocycles. The number of nitrogens with one attached hydrogen (secondary N) is 1. The van der Waals surface area contributed by atoms with Gasteiger partial charge < -0.3 is 19.7 Å². The molecule has 2 aromatic heterocycles. The number of piperazine rings is 1. The number of thiophene rings is 1. The summed E-state index contributed by atoms with van der Waals surface area (Å²) in [4.78, 5) is 10.7. The molecule has 10 heteroatoms. The van der Waals surface area contributed by atoms with Crippen LogP contribution in [0.2, 0.25) is 0 Å². The standard InChI is InChI=1S/C22H28FN7S.HI/c1-2-21-27-26-17-30(21)10-9-24-22(25-16-20-4-3-15-31-20)29-13-11-28(12-14-29)19-7-5-18(23)6-8-19;/h3-8,15,17H,2,9-14,16H2,1H3,(H,24,25);1H. The molecule has 172 valence electrons. The van der Waals surface area contributed by atoms with Crippen LogP contribution in [0.3, 0.4) is 0 Å². The van der Waals surface area contributed by atoms with E-state index in [0.717, 1.165) is 63.2 Å². The van der Waals surface area contributed by atoms with Crippen LogP contribution >= 0.6 is 35.3 Å². The van der Waals surface area contributed by atoms with E-state index in [0.29, 0.717) is 6.54 Å². The lowest BCUT2D eigenvalue weighted by Crippen LogP contribution is -2.53. The van der Waals surface area contributed by atoms with Gasteiger partial charge in [0, 0.05) is 56.3 Å². The van der Waals surface area contributed by atoms with E-state index in [2.05, 4.69) is 54.3 Å². The Balaban J connectivity index is 0.00000289. The summed E-state index contributed by atoms with van der Waals surface area (Å²) < 4.78 is 15.3. The number of hydrogen-bond acceptors (Lipinski definition) is 5. The molecule has 0 radical (unpaired) electrons. The lowest BCUT2D eigenvalue weighted by Gasteiger charge is -2.37.